The lowest BCUT2D eigenvalue weighted by Crippen LogP contribution is -2.10. The maximum Gasteiger partial charge on any atom is 0.306 e. The third kappa shape index (κ3) is 7.92. The molecule has 0 amide bonds. The van der Waals surface area contributed by atoms with Gasteiger partial charge in [-0.3, -0.25) is 4.79 Å². The molecule has 0 N–H and O–H groups in total. The molecule has 29 heavy (non-hydrogen) atoms. The number of esters is 1. The Kier molecular flexibility index (Phi) is 9.76. The van der Waals surface area contributed by atoms with E-state index in [2.05, 4.69) is 45.0 Å². The van der Waals surface area contributed by atoms with Crippen LogP contribution in [0.5, 0.6) is 5.75 Å². The maximum atomic E-state index is 12.0. The van der Waals surface area contributed by atoms with Crippen LogP contribution in [-0.2, 0) is 9.53 Å². The Labute approximate surface area is 176 Å². The smallest absolute Gasteiger partial charge is 0.306 e. The minimum atomic E-state index is -0.229. The zero-order chi connectivity index (χ0) is 21.1. The van der Waals surface area contributed by atoms with E-state index in [4.69, 9.17) is 9.47 Å². The number of hydrogen-bond donors (Lipinski definition) is 0. The molecule has 0 aliphatic carbocycles. The van der Waals surface area contributed by atoms with E-state index in [0.29, 0.717) is 12.3 Å². The molecule has 0 aliphatic heterocycles. The van der Waals surface area contributed by atoms with Crippen LogP contribution >= 0.6 is 0 Å². The summed E-state index contributed by atoms with van der Waals surface area (Å²) in [5.41, 5.74) is 3.30. The van der Waals surface area contributed by atoms with Crippen molar-refractivity contribution in [3.63, 3.8) is 0 Å². The summed E-state index contributed by atoms with van der Waals surface area (Å²) in [6, 6.07) is 16.5. The number of benzene rings is 2. The second kappa shape index (κ2) is 12.3. The van der Waals surface area contributed by atoms with Crippen LogP contribution < -0.4 is 4.74 Å². The molecule has 0 radical (unpaired) electrons. The molecule has 3 nitrogen and oxygen atoms in total. The summed E-state index contributed by atoms with van der Waals surface area (Å²) in [4.78, 5) is 12.0. The van der Waals surface area contributed by atoms with Crippen LogP contribution in [0.25, 0.3) is 11.1 Å². The molecule has 2 unspecified atom stereocenters. The van der Waals surface area contributed by atoms with E-state index in [1.807, 2.05) is 31.2 Å². The first-order valence-electron chi connectivity index (χ1n) is 11.1. The van der Waals surface area contributed by atoms with Crippen molar-refractivity contribution in [3.8, 4) is 16.9 Å². The van der Waals surface area contributed by atoms with Gasteiger partial charge in [-0.1, -0.05) is 76.4 Å². The molecule has 0 fully saturated rings. The van der Waals surface area contributed by atoms with Gasteiger partial charge in [0.1, 0.15) is 11.9 Å². The van der Waals surface area contributed by atoms with Gasteiger partial charge in [0.25, 0.3) is 0 Å². The van der Waals surface area contributed by atoms with E-state index in [1.165, 1.54) is 12.8 Å². The largest absolute Gasteiger partial charge is 0.494 e. The van der Waals surface area contributed by atoms with Crippen LogP contribution in [0.15, 0.2) is 48.5 Å². The minimum absolute atomic E-state index is 0.114. The average molecular weight is 397 g/mol. The summed E-state index contributed by atoms with van der Waals surface area (Å²) in [7, 11) is 0. The van der Waals surface area contributed by atoms with Gasteiger partial charge in [0.2, 0.25) is 0 Å². The summed E-state index contributed by atoms with van der Waals surface area (Å²) in [5.74, 6) is 1.36. The Balaban J connectivity index is 1.88. The van der Waals surface area contributed by atoms with Crippen LogP contribution in [-0.4, -0.2) is 12.6 Å². The van der Waals surface area contributed by atoms with Crippen molar-refractivity contribution in [2.24, 2.45) is 5.92 Å². The SMILES string of the molecule is CCCCCOc1ccc(-c2ccc(C(C)OC(=O)CCC(C)CC)cc2)cc1. The molecule has 2 rings (SSSR count). The van der Waals surface area contributed by atoms with E-state index in [1.54, 1.807) is 0 Å². The van der Waals surface area contributed by atoms with E-state index >= 15 is 0 Å². The third-order valence-electron chi connectivity index (χ3n) is 5.43. The highest BCUT2D eigenvalue weighted by Crippen LogP contribution is 2.26. The summed E-state index contributed by atoms with van der Waals surface area (Å²) in [6.45, 7) is 9.21. The quantitative estimate of drug-likeness (QED) is 0.278. The molecule has 2 aromatic rings. The lowest BCUT2D eigenvalue weighted by molar-refractivity contribution is -0.148. The summed E-state index contributed by atoms with van der Waals surface area (Å²) in [5, 5.41) is 0. The summed E-state index contributed by atoms with van der Waals surface area (Å²) >= 11 is 0. The van der Waals surface area contributed by atoms with Crippen molar-refractivity contribution < 1.29 is 14.3 Å². The van der Waals surface area contributed by atoms with E-state index in [9.17, 15) is 4.79 Å². The van der Waals surface area contributed by atoms with Crippen LogP contribution in [0.2, 0.25) is 0 Å². The highest BCUT2D eigenvalue weighted by molar-refractivity contribution is 5.70. The molecule has 0 spiro atoms. The Hall–Kier alpha value is -2.29. The fraction of sp³-hybridized carbons (Fsp3) is 0.500. The molecular weight excluding hydrogens is 360 g/mol. The molecule has 0 saturated carbocycles. The number of ether oxygens (including phenoxy) is 2. The van der Waals surface area contributed by atoms with Crippen LogP contribution in [0.4, 0.5) is 0 Å². The number of carbonyl (C=O) groups is 1. The van der Waals surface area contributed by atoms with Gasteiger partial charge in [0, 0.05) is 6.42 Å². The minimum Gasteiger partial charge on any atom is -0.494 e. The molecular formula is C26H36O3. The number of hydrogen-bond acceptors (Lipinski definition) is 3. The van der Waals surface area contributed by atoms with Gasteiger partial charge in [-0.15, -0.1) is 0 Å². The first-order chi connectivity index (χ1) is 14.0. The molecule has 0 aliphatic rings. The summed E-state index contributed by atoms with van der Waals surface area (Å²) < 4.78 is 11.4. The molecule has 2 aromatic carbocycles. The van der Waals surface area contributed by atoms with Crippen LogP contribution in [0, 0.1) is 5.92 Å². The van der Waals surface area contributed by atoms with E-state index in [-0.39, 0.29) is 12.1 Å². The van der Waals surface area contributed by atoms with Crippen molar-refractivity contribution >= 4 is 5.97 Å². The van der Waals surface area contributed by atoms with Gasteiger partial charge in [-0.05, 0) is 54.5 Å². The zero-order valence-corrected chi connectivity index (χ0v) is 18.4. The third-order valence-corrected chi connectivity index (χ3v) is 5.43. The van der Waals surface area contributed by atoms with Crippen molar-refractivity contribution in [1.82, 2.24) is 0 Å². The van der Waals surface area contributed by atoms with Crippen molar-refractivity contribution in [1.29, 1.82) is 0 Å². The molecule has 0 heterocycles. The van der Waals surface area contributed by atoms with Gasteiger partial charge in [0.05, 0.1) is 6.61 Å². The molecule has 0 saturated heterocycles. The van der Waals surface area contributed by atoms with Crippen LogP contribution in [0.3, 0.4) is 0 Å². The normalized spacial score (nSPS) is 13.0. The number of unbranched alkanes of at least 4 members (excludes halogenated alkanes) is 2. The zero-order valence-electron chi connectivity index (χ0n) is 18.4. The fourth-order valence-corrected chi connectivity index (χ4v) is 3.12. The molecule has 0 bridgehead atoms. The topological polar surface area (TPSA) is 35.5 Å². The Bertz CT molecular complexity index is 719. The molecule has 2 atom stereocenters. The predicted octanol–water partition coefficient (Wildman–Crippen LogP) is 7.35. The maximum absolute atomic E-state index is 12.0. The van der Waals surface area contributed by atoms with Gasteiger partial charge in [0.15, 0.2) is 0 Å². The molecule has 0 aromatic heterocycles. The van der Waals surface area contributed by atoms with Crippen molar-refractivity contribution in [2.45, 2.75) is 72.3 Å². The van der Waals surface area contributed by atoms with Gasteiger partial charge < -0.3 is 9.47 Å². The van der Waals surface area contributed by atoms with Crippen molar-refractivity contribution in [2.75, 3.05) is 6.61 Å². The second-order valence-corrected chi connectivity index (χ2v) is 7.89. The first kappa shape index (κ1) is 23.0. The van der Waals surface area contributed by atoms with Crippen molar-refractivity contribution in [3.05, 3.63) is 54.1 Å². The van der Waals surface area contributed by atoms with Gasteiger partial charge >= 0.3 is 5.97 Å². The van der Waals surface area contributed by atoms with E-state index < -0.39 is 0 Å². The second-order valence-electron chi connectivity index (χ2n) is 7.89. The Morgan fingerprint density at radius 3 is 2.10 bits per heavy atom. The average Bonchev–Trinajstić information content (AvgIpc) is 2.75. The predicted molar refractivity (Wildman–Crippen MR) is 120 cm³/mol. The Morgan fingerprint density at radius 2 is 1.52 bits per heavy atom. The fourth-order valence-electron chi connectivity index (χ4n) is 3.12. The van der Waals surface area contributed by atoms with Crippen LogP contribution in [0.1, 0.15) is 77.9 Å². The lowest BCUT2D eigenvalue weighted by Gasteiger charge is -2.15. The lowest BCUT2D eigenvalue weighted by atomic mass is 10.0. The monoisotopic (exact) mass is 396 g/mol. The first-order valence-corrected chi connectivity index (χ1v) is 11.1. The van der Waals surface area contributed by atoms with Gasteiger partial charge in [-0.2, -0.15) is 0 Å². The summed E-state index contributed by atoms with van der Waals surface area (Å²) in [6.07, 6.45) is 5.75. The van der Waals surface area contributed by atoms with Gasteiger partial charge in [-0.25, -0.2) is 0 Å². The highest BCUT2D eigenvalue weighted by atomic mass is 16.5. The molecule has 3 heteroatoms. The number of rotatable bonds is 12. The highest BCUT2D eigenvalue weighted by Gasteiger charge is 2.13. The van der Waals surface area contributed by atoms with E-state index in [0.717, 1.165) is 48.3 Å². The standard InChI is InChI=1S/C26H36O3/c1-5-7-8-19-28-25-16-14-24(15-17-25)23-12-10-22(11-13-23)21(4)29-26(27)18-9-20(3)6-2/h10-17,20-21H,5-9,18-19H2,1-4H3. The molecule has 158 valence electrons. The number of carbonyl (C=O) groups excluding carboxylic acids is 1. The Morgan fingerprint density at radius 1 is 0.897 bits per heavy atom.